The van der Waals surface area contributed by atoms with Crippen molar-refractivity contribution < 1.29 is 14.2 Å². The monoisotopic (exact) mass is 367 g/mol. The Labute approximate surface area is 157 Å². The maximum Gasteiger partial charge on any atom is 0.269 e. The van der Waals surface area contributed by atoms with Crippen molar-refractivity contribution in [2.45, 2.75) is 19.5 Å². The molecule has 7 nitrogen and oxygen atoms in total. The molecule has 0 saturated heterocycles. The van der Waals surface area contributed by atoms with E-state index in [2.05, 4.69) is 5.16 Å². The SMILES string of the molecule is COc1ccccc1-c1cc(CN(C)[C@H](C)c2cccc([N+](=O)[O-])c2)on1. The van der Waals surface area contributed by atoms with Crippen LogP contribution >= 0.6 is 0 Å². The molecule has 0 amide bonds. The van der Waals surface area contributed by atoms with Crippen molar-refractivity contribution >= 4 is 5.69 Å². The van der Waals surface area contributed by atoms with Crippen LogP contribution in [0.15, 0.2) is 59.1 Å². The highest BCUT2D eigenvalue weighted by Gasteiger charge is 2.18. The third-order valence-electron chi connectivity index (χ3n) is 4.57. The highest BCUT2D eigenvalue weighted by molar-refractivity contribution is 5.66. The van der Waals surface area contributed by atoms with Crippen molar-refractivity contribution in [3.8, 4) is 17.0 Å². The molecule has 1 aromatic heterocycles. The van der Waals surface area contributed by atoms with Crippen molar-refractivity contribution in [3.05, 3.63) is 76.0 Å². The van der Waals surface area contributed by atoms with E-state index in [0.717, 1.165) is 16.9 Å². The van der Waals surface area contributed by atoms with E-state index in [1.54, 1.807) is 19.2 Å². The van der Waals surface area contributed by atoms with Gasteiger partial charge in [0.25, 0.3) is 5.69 Å². The number of nitro groups is 1. The van der Waals surface area contributed by atoms with Gasteiger partial charge >= 0.3 is 0 Å². The number of non-ortho nitro benzene ring substituents is 1. The molecule has 0 unspecified atom stereocenters. The summed E-state index contributed by atoms with van der Waals surface area (Å²) in [5, 5.41) is 15.1. The fraction of sp³-hybridized carbons (Fsp3) is 0.250. The van der Waals surface area contributed by atoms with E-state index in [1.807, 2.05) is 55.3 Å². The highest BCUT2D eigenvalue weighted by atomic mass is 16.6. The normalized spacial score (nSPS) is 12.1. The van der Waals surface area contributed by atoms with Crippen LogP contribution in [0, 0.1) is 10.1 Å². The predicted octanol–water partition coefficient (Wildman–Crippen LogP) is 4.45. The lowest BCUT2D eigenvalue weighted by Crippen LogP contribution is -2.21. The smallest absolute Gasteiger partial charge is 0.269 e. The molecule has 0 fully saturated rings. The maximum absolute atomic E-state index is 11.0. The first-order chi connectivity index (χ1) is 13.0. The van der Waals surface area contributed by atoms with Gasteiger partial charge in [-0.1, -0.05) is 29.4 Å². The number of aromatic nitrogens is 1. The number of para-hydroxylation sites is 1. The minimum atomic E-state index is -0.383. The summed E-state index contributed by atoms with van der Waals surface area (Å²) in [5.74, 6) is 1.44. The van der Waals surface area contributed by atoms with Gasteiger partial charge in [0, 0.05) is 29.8 Å². The Balaban J connectivity index is 1.75. The summed E-state index contributed by atoms with van der Waals surface area (Å²) in [6.45, 7) is 2.52. The average Bonchev–Trinajstić information content (AvgIpc) is 3.15. The highest BCUT2D eigenvalue weighted by Crippen LogP contribution is 2.30. The molecule has 2 aromatic carbocycles. The summed E-state index contributed by atoms with van der Waals surface area (Å²) in [4.78, 5) is 12.6. The lowest BCUT2D eigenvalue weighted by molar-refractivity contribution is -0.384. The van der Waals surface area contributed by atoms with E-state index in [1.165, 1.54) is 6.07 Å². The lowest BCUT2D eigenvalue weighted by atomic mass is 10.1. The first kappa shape index (κ1) is 18.6. The number of benzene rings is 2. The molecule has 0 radical (unpaired) electrons. The quantitative estimate of drug-likeness (QED) is 0.453. The maximum atomic E-state index is 11.0. The Morgan fingerprint density at radius 2 is 2.00 bits per heavy atom. The molecule has 0 saturated carbocycles. The van der Waals surface area contributed by atoms with Crippen molar-refractivity contribution in [2.24, 2.45) is 0 Å². The summed E-state index contributed by atoms with van der Waals surface area (Å²) in [5.41, 5.74) is 2.53. The summed E-state index contributed by atoms with van der Waals surface area (Å²) < 4.78 is 10.9. The van der Waals surface area contributed by atoms with E-state index in [9.17, 15) is 10.1 Å². The number of rotatable bonds is 7. The molecule has 0 spiro atoms. The van der Waals surface area contributed by atoms with E-state index in [4.69, 9.17) is 9.26 Å². The number of nitrogens with zero attached hydrogens (tertiary/aromatic N) is 3. The van der Waals surface area contributed by atoms with Gasteiger partial charge in [0.1, 0.15) is 11.4 Å². The number of nitro benzene ring substituents is 1. The minimum absolute atomic E-state index is 0.0234. The second kappa shape index (κ2) is 8.01. The van der Waals surface area contributed by atoms with E-state index in [-0.39, 0.29) is 16.7 Å². The number of hydrogen-bond donors (Lipinski definition) is 0. The van der Waals surface area contributed by atoms with Gasteiger partial charge in [0.15, 0.2) is 5.76 Å². The number of methoxy groups -OCH3 is 1. The van der Waals surface area contributed by atoms with Gasteiger partial charge in [-0.2, -0.15) is 0 Å². The van der Waals surface area contributed by atoms with Gasteiger partial charge < -0.3 is 9.26 Å². The van der Waals surface area contributed by atoms with E-state index in [0.29, 0.717) is 18.0 Å². The third-order valence-corrected chi connectivity index (χ3v) is 4.57. The molecule has 1 heterocycles. The Bertz CT molecular complexity index is 938. The van der Waals surface area contributed by atoms with E-state index >= 15 is 0 Å². The van der Waals surface area contributed by atoms with Gasteiger partial charge in [-0.25, -0.2) is 0 Å². The Kier molecular flexibility index (Phi) is 5.52. The third kappa shape index (κ3) is 4.15. The Hall–Kier alpha value is -3.19. The molecule has 1 atom stereocenters. The van der Waals surface area contributed by atoms with Crippen molar-refractivity contribution in [1.82, 2.24) is 10.1 Å². The van der Waals surface area contributed by atoms with Crippen molar-refractivity contribution in [3.63, 3.8) is 0 Å². The molecule has 140 valence electrons. The van der Waals surface area contributed by atoms with Crippen LogP contribution in [0.25, 0.3) is 11.3 Å². The molecule has 0 aliphatic heterocycles. The van der Waals surface area contributed by atoms with Crippen LogP contribution in [0.3, 0.4) is 0 Å². The second-order valence-electron chi connectivity index (χ2n) is 6.32. The zero-order valence-electron chi connectivity index (χ0n) is 15.5. The molecule has 0 aliphatic carbocycles. The molecule has 0 bridgehead atoms. The van der Waals surface area contributed by atoms with Crippen LogP contribution < -0.4 is 4.74 Å². The summed E-state index contributed by atoms with van der Waals surface area (Å²) in [6.07, 6.45) is 0. The van der Waals surface area contributed by atoms with Crippen LogP contribution in [0.5, 0.6) is 5.75 Å². The van der Waals surface area contributed by atoms with E-state index < -0.39 is 0 Å². The molecule has 3 rings (SSSR count). The van der Waals surface area contributed by atoms with Gasteiger partial charge in [0.2, 0.25) is 0 Å². The summed E-state index contributed by atoms with van der Waals surface area (Å²) in [6, 6.07) is 16.2. The van der Waals surface area contributed by atoms with Crippen LogP contribution in [0.2, 0.25) is 0 Å². The fourth-order valence-electron chi connectivity index (χ4n) is 2.91. The molecular formula is C20H21N3O4. The van der Waals surface area contributed by atoms with Crippen molar-refractivity contribution in [1.29, 1.82) is 0 Å². The largest absolute Gasteiger partial charge is 0.496 e. The van der Waals surface area contributed by atoms with Crippen LogP contribution in [0.4, 0.5) is 5.69 Å². The van der Waals surface area contributed by atoms with Gasteiger partial charge in [0.05, 0.1) is 18.6 Å². The zero-order valence-corrected chi connectivity index (χ0v) is 15.5. The van der Waals surface area contributed by atoms with Gasteiger partial charge in [-0.3, -0.25) is 15.0 Å². The number of ether oxygens (including phenoxy) is 1. The number of hydrogen-bond acceptors (Lipinski definition) is 6. The van der Waals surface area contributed by atoms with Gasteiger partial charge in [-0.15, -0.1) is 0 Å². The van der Waals surface area contributed by atoms with Crippen LogP contribution in [0.1, 0.15) is 24.3 Å². The second-order valence-corrected chi connectivity index (χ2v) is 6.32. The fourth-order valence-corrected chi connectivity index (χ4v) is 2.91. The molecular weight excluding hydrogens is 346 g/mol. The lowest BCUT2D eigenvalue weighted by Gasteiger charge is -2.23. The summed E-state index contributed by atoms with van der Waals surface area (Å²) in [7, 11) is 3.56. The first-order valence-electron chi connectivity index (χ1n) is 8.53. The first-order valence-corrected chi connectivity index (χ1v) is 8.53. The average molecular weight is 367 g/mol. The molecule has 0 aliphatic rings. The molecule has 27 heavy (non-hydrogen) atoms. The standard InChI is InChI=1S/C20H21N3O4/c1-14(15-7-6-8-16(11-15)23(24)25)22(2)13-17-12-19(21-27-17)18-9-4-5-10-20(18)26-3/h4-12,14H,13H2,1-3H3/t14-/m1/s1. The molecule has 7 heteroatoms. The Morgan fingerprint density at radius 3 is 2.74 bits per heavy atom. The zero-order chi connectivity index (χ0) is 19.4. The summed E-state index contributed by atoms with van der Waals surface area (Å²) >= 11 is 0. The van der Waals surface area contributed by atoms with Crippen molar-refractivity contribution in [2.75, 3.05) is 14.2 Å². The topological polar surface area (TPSA) is 81.6 Å². The van der Waals surface area contributed by atoms with Gasteiger partial charge in [-0.05, 0) is 31.7 Å². The predicted molar refractivity (Wildman–Crippen MR) is 101 cm³/mol. The van der Waals surface area contributed by atoms with Crippen LogP contribution in [-0.2, 0) is 6.54 Å². The van der Waals surface area contributed by atoms with Crippen LogP contribution in [-0.4, -0.2) is 29.1 Å². The molecule has 3 aromatic rings. The molecule has 0 N–H and O–H groups in total. The minimum Gasteiger partial charge on any atom is -0.496 e. The Morgan fingerprint density at radius 1 is 1.22 bits per heavy atom.